The zero-order valence-corrected chi connectivity index (χ0v) is 18.7. The van der Waals surface area contributed by atoms with Crippen LogP contribution in [0.4, 0.5) is 5.82 Å². The first-order chi connectivity index (χ1) is 15.5. The van der Waals surface area contributed by atoms with Gasteiger partial charge in [-0.2, -0.15) is 0 Å². The third-order valence-electron chi connectivity index (χ3n) is 4.70. The zero-order chi connectivity index (χ0) is 22.9. The van der Waals surface area contributed by atoms with Gasteiger partial charge < -0.3 is 20.7 Å². The van der Waals surface area contributed by atoms with Crippen LogP contribution in [0.25, 0.3) is 11.1 Å². The minimum absolute atomic E-state index is 0.0531. The van der Waals surface area contributed by atoms with Crippen LogP contribution in [-0.4, -0.2) is 37.0 Å². The molecule has 0 fully saturated rings. The maximum absolute atomic E-state index is 12.8. The number of carbonyl (C=O) groups is 2. The highest BCUT2D eigenvalue weighted by molar-refractivity contribution is 6.37. The number of carbonyl (C=O) groups excluding carboxylic acids is 2. The molecule has 0 aliphatic heterocycles. The largest absolute Gasteiger partial charge is 0.497 e. The molecule has 0 spiro atoms. The second kappa shape index (κ2) is 11.3. The Balaban J connectivity index is 1.64. The summed E-state index contributed by atoms with van der Waals surface area (Å²) < 4.78 is 5.28. The number of halogens is 1. The lowest BCUT2D eigenvalue weighted by Crippen LogP contribution is -2.29. The molecule has 7 nitrogen and oxygen atoms in total. The molecule has 0 atom stereocenters. The Morgan fingerprint density at radius 2 is 1.88 bits per heavy atom. The minimum Gasteiger partial charge on any atom is -0.497 e. The van der Waals surface area contributed by atoms with E-state index in [0.29, 0.717) is 41.8 Å². The number of hydrogen-bond acceptors (Lipinski definition) is 5. The van der Waals surface area contributed by atoms with E-state index in [0.717, 1.165) is 16.7 Å². The third kappa shape index (κ3) is 6.29. The van der Waals surface area contributed by atoms with Gasteiger partial charge in [-0.1, -0.05) is 41.9 Å². The molecule has 3 rings (SSSR count). The van der Waals surface area contributed by atoms with E-state index < -0.39 is 0 Å². The average Bonchev–Trinajstić information content (AvgIpc) is 2.80. The first-order valence-corrected chi connectivity index (χ1v) is 10.5. The normalized spacial score (nSPS) is 10.5. The molecule has 0 unspecified atom stereocenters. The number of nitrogens with zero attached hydrogens (tertiary/aromatic N) is 1. The second-order valence-electron chi connectivity index (χ2n) is 7.06. The van der Waals surface area contributed by atoms with Crippen LogP contribution >= 0.6 is 11.6 Å². The summed E-state index contributed by atoms with van der Waals surface area (Å²) in [6.45, 7) is 3.31. The van der Waals surface area contributed by atoms with Crippen molar-refractivity contribution in [2.45, 2.75) is 13.5 Å². The van der Waals surface area contributed by atoms with Crippen molar-refractivity contribution in [3.8, 4) is 16.9 Å². The molecule has 0 saturated heterocycles. The standard InChI is InChI=1S/C24H25ClN4O3/c1-16(30)27-12-11-26-14-17-9-10-22(28-15-17)29-24(31)21-8-4-7-20(23(21)25)18-5-3-6-19(13-18)32-2/h3-10,13,15,26H,11-12,14H2,1-2H3,(H,27,30)(H,28,29,31). The van der Waals surface area contributed by atoms with Crippen molar-refractivity contribution in [3.05, 3.63) is 76.9 Å². The summed E-state index contributed by atoms with van der Waals surface area (Å²) in [4.78, 5) is 28.0. The van der Waals surface area contributed by atoms with Gasteiger partial charge in [0, 0.05) is 38.3 Å². The molecule has 166 valence electrons. The van der Waals surface area contributed by atoms with Gasteiger partial charge in [-0.25, -0.2) is 4.98 Å². The number of benzene rings is 2. The molecule has 3 N–H and O–H groups in total. The van der Waals surface area contributed by atoms with Crippen LogP contribution in [0.3, 0.4) is 0 Å². The van der Waals surface area contributed by atoms with E-state index in [2.05, 4.69) is 20.9 Å². The number of rotatable bonds is 9. The van der Waals surface area contributed by atoms with Gasteiger partial charge in [-0.3, -0.25) is 9.59 Å². The lowest BCUT2D eigenvalue weighted by molar-refractivity contribution is -0.118. The van der Waals surface area contributed by atoms with Crippen LogP contribution in [0.15, 0.2) is 60.8 Å². The highest BCUT2D eigenvalue weighted by atomic mass is 35.5. The molecular formula is C24H25ClN4O3. The van der Waals surface area contributed by atoms with Crippen molar-refractivity contribution in [1.82, 2.24) is 15.6 Å². The van der Waals surface area contributed by atoms with Crippen molar-refractivity contribution >= 4 is 29.2 Å². The van der Waals surface area contributed by atoms with Crippen LogP contribution in [0.1, 0.15) is 22.8 Å². The fourth-order valence-electron chi connectivity index (χ4n) is 3.07. The molecule has 1 aromatic heterocycles. The summed E-state index contributed by atoms with van der Waals surface area (Å²) in [5.41, 5.74) is 2.92. The summed E-state index contributed by atoms with van der Waals surface area (Å²) in [5.74, 6) is 0.748. The maximum atomic E-state index is 12.8. The zero-order valence-electron chi connectivity index (χ0n) is 17.9. The lowest BCUT2D eigenvalue weighted by Gasteiger charge is -2.11. The highest BCUT2D eigenvalue weighted by Crippen LogP contribution is 2.32. The van der Waals surface area contributed by atoms with Gasteiger partial charge in [0.1, 0.15) is 11.6 Å². The predicted octanol–water partition coefficient (Wildman–Crippen LogP) is 3.89. The monoisotopic (exact) mass is 452 g/mol. The molecule has 2 aromatic carbocycles. The number of aromatic nitrogens is 1. The predicted molar refractivity (Wildman–Crippen MR) is 126 cm³/mol. The molecular weight excluding hydrogens is 428 g/mol. The number of ether oxygens (including phenoxy) is 1. The smallest absolute Gasteiger partial charge is 0.258 e. The fourth-order valence-corrected chi connectivity index (χ4v) is 3.39. The summed E-state index contributed by atoms with van der Waals surface area (Å²) in [6.07, 6.45) is 1.69. The minimum atomic E-state index is -0.339. The summed E-state index contributed by atoms with van der Waals surface area (Å²) in [5, 5.41) is 9.08. The third-order valence-corrected chi connectivity index (χ3v) is 5.10. The van der Waals surface area contributed by atoms with Crippen LogP contribution in [-0.2, 0) is 11.3 Å². The summed E-state index contributed by atoms with van der Waals surface area (Å²) in [7, 11) is 1.60. The Morgan fingerprint density at radius 3 is 2.59 bits per heavy atom. The van der Waals surface area contributed by atoms with E-state index in [1.165, 1.54) is 6.92 Å². The van der Waals surface area contributed by atoms with Gasteiger partial charge in [0.25, 0.3) is 5.91 Å². The Hall–Kier alpha value is -3.42. The van der Waals surface area contributed by atoms with E-state index in [1.54, 1.807) is 31.5 Å². The highest BCUT2D eigenvalue weighted by Gasteiger charge is 2.15. The molecule has 32 heavy (non-hydrogen) atoms. The molecule has 0 aliphatic rings. The lowest BCUT2D eigenvalue weighted by atomic mass is 10.0. The first kappa shape index (κ1) is 23.2. The number of amides is 2. The number of hydrogen-bond donors (Lipinski definition) is 3. The fraction of sp³-hybridized carbons (Fsp3) is 0.208. The van der Waals surface area contributed by atoms with Crippen molar-refractivity contribution in [2.75, 3.05) is 25.5 Å². The SMILES string of the molecule is COc1cccc(-c2cccc(C(=O)Nc3ccc(CNCCNC(C)=O)cn3)c2Cl)c1. The van der Waals surface area contributed by atoms with Crippen molar-refractivity contribution in [1.29, 1.82) is 0 Å². The first-order valence-electron chi connectivity index (χ1n) is 10.1. The molecule has 0 saturated carbocycles. The van der Waals surface area contributed by atoms with Gasteiger partial charge in [-0.05, 0) is 35.4 Å². The van der Waals surface area contributed by atoms with E-state index >= 15 is 0 Å². The summed E-state index contributed by atoms with van der Waals surface area (Å²) >= 11 is 6.57. The Kier molecular flexibility index (Phi) is 8.19. The van der Waals surface area contributed by atoms with Gasteiger partial charge in [0.15, 0.2) is 0 Å². The van der Waals surface area contributed by atoms with Gasteiger partial charge in [0.2, 0.25) is 5.91 Å². The van der Waals surface area contributed by atoms with Crippen LogP contribution in [0, 0.1) is 0 Å². The molecule has 8 heteroatoms. The van der Waals surface area contributed by atoms with E-state index in [1.807, 2.05) is 36.4 Å². The van der Waals surface area contributed by atoms with Crippen molar-refractivity contribution in [2.24, 2.45) is 0 Å². The Morgan fingerprint density at radius 1 is 1.06 bits per heavy atom. The van der Waals surface area contributed by atoms with Gasteiger partial charge >= 0.3 is 0 Å². The van der Waals surface area contributed by atoms with E-state index in [9.17, 15) is 9.59 Å². The van der Waals surface area contributed by atoms with Crippen molar-refractivity contribution in [3.63, 3.8) is 0 Å². The second-order valence-corrected chi connectivity index (χ2v) is 7.44. The number of anilines is 1. The molecule has 0 aliphatic carbocycles. The molecule has 0 radical (unpaired) electrons. The quantitative estimate of drug-likeness (QED) is 0.428. The Bertz CT molecular complexity index is 1090. The van der Waals surface area contributed by atoms with E-state index in [4.69, 9.17) is 16.3 Å². The van der Waals surface area contributed by atoms with Crippen LogP contribution in [0.2, 0.25) is 5.02 Å². The number of pyridine rings is 1. The number of nitrogens with one attached hydrogen (secondary N) is 3. The molecule has 3 aromatic rings. The Labute approximate surface area is 192 Å². The van der Waals surface area contributed by atoms with E-state index in [-0.39, 0.29) is 11.8 Å². The van der Waals surface area contributed by atoms with Crippen molar-refractivity contribution < 1.29 is 14.3 Å². The van der Waals surface area contributed by atoms with Gasteiger partial charge in [-0.15, -0.1) is 0 Å². The van der Waals surface area contributed by atoms with Crippen LogP contribution in [0.5, 0.6) is 5.75 Å². The summed E-state index contributed by atoms with van der Waals surface area (Å²) in [6, 6.07) is 16.4. The average molecular weight is 453 g/mol. The maximum Gasteiger partial charge on any atom is 0.258 e. The molecule has 1 heterocycles. The topological polar surface area (TPSA) is 92.4 Å². The molecule has 2 amide bonds. The molecule has 0 bridgehead atoms. The number of methoxy groups -OCH3 is 1. The van der Waals surface area contributed by atoms with Crippen LogP contribution < -0.4 is 20.7 Å². The van der Waals surface area contributed by atoms with Gasteiger partial charge in [0.05, 0.1) is 17.7 Å².